The first-order chi connectivity index (χ1) is 7.49. The Morgan fingerprint density at radius 1 is 1.44 bits per heavy atom. The highest BCUT2D eigenvalue weighted by atomic mass is 16.4. The number of amides is 2. The van der Waals surface area contributed by atoms with Gasteiger partial charge in [0.2, 0.25) is 11.8 Å². The van der Waals surface area contributed by atoms with Gasteiger partial charge in [0.1, 0.15) is 6.42 Å². The van der Waals surface area contributed by atoms with Crippen molar-refractivity contribution in [1.82, 2.24) is 10.2 Å². The van der Waals surface area contributed by atoms with Crippen molar-refractivity contribution >= 4 is 17.8 Å². The van der Waals surface area contributed by atoms with Gasteiger partial charge in [0.15, 0.2) is 0 Å². The number of rotatable bonds is 3. The van der Waals surface area contributed by atoms with E-state index < -0.39 is 12.4 Å². The van der Waals surface area contributed by atoms with Crippen molar-refractivity contribution in [2.75, 3.05) is 13.1 Å². The standard InChI is InChI=1S/C10H16N2O4/c1-7(13)11-8-3-2-4-12(6-8)9(14)5-10(15)16/h8H,2-6H2,1H3,(H,11,13)(H,15,16). The van der Waals surface area contributed by atoms with E-state index in [2.05, 4.69) is 5.32 Å². The zero-order chi connectivity index (χ0) is 12.1. The number of carboxylic acids is 1. The van der Waals surface area contributed by atoms with Crippen molar-refractivity contribution in [3.63, 3.8) is 0 Å². The second-order valence-electron chi connectivity index (χ2n) is 3.95. The van der Waals surface area contributed by atoms with Gasteiger partial charge in [-0.25, -0.2) is 0 Å². The van der Waals surface area contributed by atoms with E-state index in [-0.39, 0.29) is 17.9 Å². The van der Waals surface area contributed by atoms with Crippen molar-refractivity contribution in [1.29, 1.82) is 0 Å². The number of nitrogens with one attached hydrogen (secondary N) is 1. The Morgan fingerprint density at radius 2 is 2.12 bits per heavy atom. The number of carbonyl (C=O) groups is 3. The smallest absolute Gasteiger partial charge is 0.312 e. The minimum absolute atomic E-state index is 0.0519. The molecule has 1 aliphatic rings. The molecule has 1 unspecified atom stereocenters. The minimum atomic E-state index is -1.12. The van der Waals surface area contributed by atoms with Gasteiger partial charge in [-0.3, -0.25) is 14.4 Å². The molecule has 1 aliphatic heterocycles. The van der Waals surface area contributed by atoms with Gasteiger partial charge in [-0.05, 0) is 12.8 Å². The highest BCUT2D eigenvalue weighted by molar-refractivity contribution is 5.93. The third-order valence-electron chi connectivity index (χ3n) is 2.48. The molecule has 0 radical (unpaired) electrons. The maximum absolute atomic E-state index is 11.5. The van der Waals surface area contributed by atoms with Crippen molar-refractivity contribution in [3.05, 3.63) is 0 Å². The van der Waals surface area contributed by atoms with Crippen LogP contribution >= 0.6 is 0 Å². The van der Waals surface area contributed by atoms with E-state index in [4.69, 9.17) is 5.11 Å². The average molecular weight is 228 g/mol. The molecule has 0 aromatic carbocycles. The average Bonchev–Trinajstić information content (AvgIpc) is 2.16. The van der Waals surface area contributed by atoms with Gasteiger partial charge in [-0.15, -0.1) is 0 Å². The van der Waals surface area contributed by atoms with Gasteiger partial charge in [0.25, 0.3) is 0 Å². The van der Waals surface area contributed by atoms with Gasteiger partial charge < -0.3 is 15.3 Å². The van der Waals surface area contributed by atoms with Gasteiger partial charge in [0.05, 0.1) is 0 Å². The maximum Gasteiger partial charge on any atom is 0.312 e. The summed E-state index contributed by atoms with van der Waals surface area (Å²) in [4.78, 5) is 34.2. The fourth-order valence-corrected chi connectivity index (χ4v) is 1.85. The summed E-state index contributed by atoms with van der Waals surface area (Å²) < 4.78 is 0. The molecular formula is C10H16N2O4. The van der Waals surface area contributed by atoms with Crippen LogP contribution < -0.4 is 5.32 Å². The number of hydrogen-bond donors (Lipinski definition) is 2. The molecule has 6 nitrogen and oxygen atoms in total. The van der Waals surface area contributed by atoms with E-state index in [1.165, 1.54) is 11.8 Å². The SMILES string of the molecule is CC(=O)NC1CCCN(C(=O)CC(=O)O)C1. The largest absolute Gasteiger partial charge is 0.481 e. The fourth-order valence-electron chi connectivity index (χ4n) is 1.85. The Hall–Kier alpha value is -1.59. The summed E-state index contributed by atoms with van der Waals surface area (Å²) in [6.45, 7) is 2.41. The van der Waals surface area contributed by atoms with E-state index in [1.54, 1.807) is 0 Å². The Labute approximate surface area is 93.6 Å². The van der Waals surface area contributed by atoms with E-state index in [9.17, 15) is 14.4 Å². The summed E-state index contributed by atoms with van der Waals surface area (Å²) in [5, 5.41) is 11.2. The van der Waals surface area contributed by atoms with Crippen LogP contribution in [0.15, 0.2) is 0 Å². The number of carboxylic acid groups (broad SMARTS) is 1. The number of nitrogens with zero attached hydrogens (tertiary/aromatic N) is 1. The number of likely N-dealkylation sites (tertiary alicyclic amines) is 1. The molecule has 0 aliphatic carbocycles. The molecule has 90 valence electrons. The van der Waals surface area contributed by atoms with E-state index >= 15 is 0 Å². The fraction of sp³-hybridized carbons (Fsp3) is 0.700. The summed E-state index contributed by atoms with van der Waals surface area (Å²) in [5.41, 5.74) is 0. The molecule has 0 bridgehead atoms. The van der Waals surface area contributed by atoms with Gasteiger partial charge in [-0.2, -0.15) is 0 Å². The second-order valence-corrected chi connectivity index (χ2v) is 3.95. The number of piperidine rings is 1. The summed E-state index contributed by atoms with van der Waals surface area (Å²) in [6, 6.07) is -0.0519. The van der Waals surface area contributed by atoms with Crippen molar-refractivity contribution in [3.8, 4) is 0 Å². The topological polar surface area (TPSA) is 86.7 Å². The summed E-state index contributed by atoms with van der Waals surface area (Å²) in [7, 11) is 0. The van der Waals surface area contributed by atoms with E-state index in [0.29, 0.717) is 13.1 Å². The van der Waals surface area contributed by atoms with Gasteiger partial charge in [0, 0.05) is 26.1 Å². The molecule has 1 rings (SSSR count). The van der Waals surface area contributed by atoms with Crippen molar-refractivity contribution < 1.29 is 19.5 Å². The van der Waals surface area contributed by atoms with Crippen LogP contribution in [0.3, 0.4) is 0 Å². The Morgan fingerprint density at radius 3 is 2.69 bits per heavy atom. The lowest BCUT2D eigenvalue weighted by atomic mass is 10.1. The maximum atomic E-state index is 11.5. The zero-order valence-corrected chi connectivity index (χ0v) is 9.23. The Bertz CT molecular complexity index is 303. The Kier molecular flexibility index (Phi) is 4.28. The highest BCUT2D eigenvalue weighted by Gasteiger charge is 2.24. The summed E-state index contributed by atoms with van der Waals surface area (Å²) >= 11 is 0. The number of aliphatic carboxylic acids is 1. The predicted octanol–water partition coefficient (Wildman–Crippen LogP) is -0.412. The van der Waals surface area contributed by atoms with Crippen LogP contribution in [0.4, 0.5) is 0 Å². The molecule has 1 fully saturated rings. The summed E-state index contributed by atoms with van der Waals surface area (Å²) in [6.07, 6.45) is 1.14. The Balaban J connectivity index is 2.46. The van der Waals surface area contributed by atoms with Crippen LogP contribution in [0.1, 0.15) is 26.2 Å². The first-order valence-corrected chi connectivity index (χ1v) is 5.25. The van der Waals surface area contributed by atoms with Crippen molar-refractivity contribution in [2.24, 2.45) is 0 Å². The third-order valence-corrected chi connectivity index (χ3v) is 2.48. The third kappa shape index (κ3) is 3.88. The molecule has 1 saturated heterocycles. The van der Waals surface area contributed by atoms with Gasteiger partial charge >= 0.3 is 5.97 Å². The van der Waals surface area contributed by atoms with E-state index in [0.717, 1.165) is 12.8 Å². The monoisotopic (exact) mass is 228 g/mol. The molecule has 6 heteroatoms. The lowest BCUT2D eigenvalue weighted by molar-refractivity contribution is -0.145. The molecular weight excluding hydrogens is 212 g/mol. The normalized spacial score (nSPS) is 20.3. The lowest BCUT2D eigenvalue weighted by Crippen LogP contribution is -2.49. The van der Waals surface area contributed by atoms with Crippen LogP contribution in [-0.4, -0.2) is 46.9 Å². The van der Waals surface area contributed by atoms with Crippen LogP contribution in [-0.2, 0) is 14.4 Å². The molecule has 1 atom stereocenters. The summed E-state index contributed by atoms with van der Waals surface area (Å²) in [5.74, 6) is -1.63. The minimum Gasteiger partial charge on any atom is -0.481 e. The van der Waals surface area contributed by atoms with Crippen LogP contribution in [0.25, 0.3) is 0 Å². The van der Waals surface area contributed by atoms with Crippen LogP contribution in [0, 0.1) is 0 Å². The number of carbonyl (C=O) groups excluding carboxylic acids is 2. The quantitative estimate of drug-likeness (QED) is 0.643. The first kappa shape index (κ1) is 12.5. The molecule has 0 aromatic heterocycles. The van der Waals surface area contributed by atoms with Crippen LogP contribution in [0.5, 0.6) is 0 Å². The molecule has 16 heavy (non-hydrogen) atoms. The molecule has 2 amide bonds. The molecule has 0 aromatic rings. The van der Waals surface area contributed by atoms with Crippen molar-refractivity contribution in [2.45, 2.75) is 32.2 Å². The second kappa shape index (κ2) is 5.48. The molecule has 0 spiro atoms. The molecule has 1 heterocycles. The first-order valence-electron chi connectivity index (χ1n) is 5.25. The molecule has 2 N–H and O–H groups in total. The zero-order valence-electron chi connectivity index (χ0n) is 9.23. The molecule has 0 saturated carbocycles. The highest BCUT2D eigenvalue weighted by Crippen LogP contribution is 2.11. The number of hydrogen-bond acceptors (Lipinski definition) is 3. The predicted molar refractivity (Wildman–Crippen MR) is 55.7 cm³/mol. The van der Waals surface area contributed by atoms with E-state index in [1.807, 2.05) is 0 Å². The van der Waals surface area contributed by atoms with Crippen LogP contribution in [0.2, 0.25) is 0 Å². The lowest BCUT2D eigenvalue weighted by Gasteiger charge is -2.32. The van der Waals surface area contributed by atoms with Gasteiger partial charge in [-0.1, -0.05) is 0 Å².